The first-order chi connectivity index (χ1) is 14.0. The van der Waals surface area contributed by atoms with Crippen LogP contribution in [0.1, 0.15) is 13.3 Å². The summed E-state index contributed by atoms with van der Waals surface area (Å²) in [7, 11) is 0.312. The molecule has 1 aromatic heterocycles. The van der Waals surface area contributed by atoms with Crippen molar-refractivity contribution in [3.05, 3.63) is 59.5 Å². The van der Waals surface area contributed by atoms with Crippen molar-refractivity contribution in [3.63, 3.8) is 0 Å². The van der Waals surface area contributed by atoms with Crippen LogP contribution in [-0.2, 0) is 10.8 Å². The van der Waals surface area contributed by atoms with Crippen LogP contribution in [0.15, 0.2) is 53.6 Å². The number of methoxy groups -OCH3 is 1. The lowest BCUT2D eigenvalue weighted by Crippen LogP contribution is -2.05. The lowest BCUT2D eigenvalue weighted by molar-refractivity contribution is 0.413. The third-order valence-corrected chi connectivity index (χ3v) is 5.83. The van der Waals surface area contributed by atoms with Crippen molar-refractivity contribution in [2.75, 3.05) is 23.5 Å². The fourth-order valence-electron chi connectivity index (χ4n) is 2.60. The molecule has 0 aliphatic carbocycles. The Bertz CT molecular complexity index is 1040. The standard InChI is InChI=1S/C20H20ClFN4O2S/c1-3-10-29(27)18-7-5-4-6-16(18)24-19-14(21)12-23-20(26-19)25-15-9-8-13(22)11-17(15)28-2/h4-9,11-12H,3,10H2,1-2H3,(H2,23,24,25,26). The smallest absolute Gasteiger partial charge is 0.229 e. The largest absolute Gasteiger partial charge is 0.494 e. The van der Waals surface area contributed by atoms with Gasteiger partial charge >= 0.3 is 0 Å². The van der Waals surface area contributed by atoms with E-state index in [1.807, 2.05) is 31.2 Å². The molecule has 0 saturated heterocycles. The highest BCUT2D eigenvalue weighted by atomic mass is 35.5. The van der Waals surface area contributed by atoms with Crippen molar-refractivity contribution in [2.45, 2.75) is 18.2 Å². The molecule has 9 heteroatoms. The zero-order valence-corrected chi connectivity index (χ0v) is 17.5. The number of hydrogen-bond donors (Lipinski definition) is 2. The molecule has 0 bridgehead atoms. The maximum atomic E-state index is 13.4. The molecule has 1 atom stereocenters. The second-order valence-electron chi connectivity index (χ2n) is 6.03. The van der Waals surface area contributed by atoms with E-state index in [9.17, 15) is 8.60 Å². The first-order valence-corrected chi connectivity index (χ1v) is 10.6. The van der Waals surface area contributed by atoms with Gasteiger partial charge in [-0.05, 0) is 30.7 Å². The van der Waals surface area contributed by atoms with Crippen LogP contribution in [0, 0.1) is 5.82 Å². The topological polar surface area (TPSA) is 76.1 Å². The lowest BCUT2D eigenvalue weighted by atomic mass is 10.3. The summed E-state index contributed by atoms with van der Waals surface area (Å²) in [4.78, 5) is 9.23. The summed E-state index contributed by atoms with van der Waals surface area (Å²) in [6.45, 7) is 1.98. The van der Waals surface area contributed by atoms with E-state index < -0.39 is 16.6 Å². The average molecular weight is 435 g/mol. The van der Waals surface area contributed by atoms with Crippen molar-refractivity contribution < 1.29 is 13.3 Å². The van der Waals surface area contributed by atoms with Crippen LogP contribution in [0.4, 0.5) is 27.5 Å². The number of hydrogen-bond acceptors (Lipinski definition) is 6. The molecule has 1 heterocycles. The number of ether oxygens (including phenoxy) is 1. The SMILES string of the molecule is CCCS(=O)c1ccccc1Nc1nc(Nc2ccc(F)cc2OC)ncc1Cl. The Balaban J connectivity index is 1.89. The molecule has 2 N–H and O–H groups in total. The fraction of sp³-hybridized carbons (Fsp3) is 0.200. The van der Waals surface area contributed by atoms with E-state index >= 15 is 0 Å². The highest BCUT2D eigenvalue weighted by Crippen LogP contribution is 2.30. The van der Waals surface area contributed by atoms with Crippen LogP contribution >= 0.6 is 11.6 Å². The quantitative estimate of drug-likeness (QED) is 0.502. The monoisotopic (exact) mass is 434 g/mol. The highest BCUT2D eigenvalue weighted by molar-refractivity contribution is 7.85. The molecule has 6 nitrogen and oxygen atoms in total. The van der Waals surface area contributed by atoms with Gasteiger partial charge in [-0.1, -0.05) is 30.7 Å². The number of para-hydroxylation sites is 1. The van der Waals surface area contributed by atoms with Gasteiger partial charge in [0.15, 0.2) is 5.82 Å². The average Bonchev–Trinajstić information content (AvgIpc) is 2.72. The maximum Gasteiger partial charge on any atom is 0.229 e. The molecule has 0 aliphatic heterocycles. The molecule has 0 radical (unpaired) electrons. The van der Waals surface area contributed by atoms with Crippen molar-refractivity contribution in [1.29, 1.82) is 0 Å². The van der Waals surface area contributed by atoms with Crippen LogP contribution in [0.3, 0.4) is 0 Å². The zero-order valence-electron chi connectivity index (χ0n) is 15.9. The Morgan fingerprint density at radius 2 is 1.97 bits per heavy atom. The molecule has 0 saturated carbocycles. The molecular formula is C20H20ClFN4O2S. The number of nitrogens with zero attached hydrogens (tertiary/aromatic N) is 2. The lowest BCUT2D eigenvalue weighted by Gasteiger charge is -2.14. The molecule has 29 heavy (non-hydrogen) atoms. The highest BCUT2D eigenvalue weighted by Gasteiger charge is 2.13. The van der Waals surface area contributed by atoms with Gasteiger partial charge in [0.1, 0.15) is 16.6 Å². The van der Waals surface area contributed by atoms with Gasteiger partial charge in [-0.15, -0.1) is 0 Å². The van der Waals surface area contributed by atoms with E-state index in [0.29, 0.717) is 38.6 Å². The van der Waals surface area contributed by atoms with E-state index in [2.05, 4.69) is 20.6 Å². The normalized spacial score (nSPS) is 11.7. The molecule has 0 aliphatic rings. The minimum absolute atomic E-state index is 0.244. The minimum Gasteiger partial charge on any atom is -0.494 e. The summed E-state index contributed by atoms with van der Waals surface area (Å²) in [5.41, 5.74) is 1.16. The van der Waals surface area contributed by atoms with E-state index in [1.165, 1.54) is 31.5 Å². The predicted octanol–water partition coefficient (Wildman–Crippen LogP) is 5.28. The van der Waals surface area contributed by atoms with Crippen LogP contribution in [0.25, 0.3) is 0 Å². The van der Waals surface area contributed by atoms with Crippen molar-refractivity contribution in [2.24, 2.45) is 0 Å². The Morgan fingerprint density at radius 3 is 2.72 bits per heavy atom. The summed E-state index contributed by atoms with van der Waals surface area (Å²) in [5.74, 6) is 1.06. The Morgan fingerprint density at radius 1 is 1.17 bits per heavy atom. The zero-order chi connectivity index (χ0) is 20.8. The van der Waals surface area contributed by atoms with E-state index in [-0.39, 0.29) is 5.95 Å². The summed E-state index contributed by atoms with van der Waals surface area (Å²) in [5, 5.41) is 6.43. The van der Waals surface area contributed by atoms with Gasteiger partial charge < -0.3 is 15.4 Å². The first-order valence-electron chi connectivity index (χ1n) is 8.89. The number of rotatable bonds is 8. The maximum absolute atomic E-state index is 13.4. The molecule has 0 spiro atoms. The number of nitrogens with one attached hydrogen (secondary N) is 2. The predicted molar refractivity (Wildman–Crippen MR) is 115 cm³/mol. The number of anilines is 4. The Labute approximate surface area is 176 Å². The van der Waals surface area contributed by atoms with Crippen molar-refractivity contribution >= 4 is 45.5 Å². The molecule has 0 amide bonds. The van der Waals surface area contributed by atoms with Crippen LogP contribution in [0.5, 0.6) is 5.75 Å². The number of halogens is 2. The van der Waals surface area contributed by atoms with Gasteiger partial charge in [0.2, 0.25) is 5.95 Å². The molecule has 3 rings (SSSR count). The summed E-state index contributed by atoms with van der Waals surface area (Å²) < 4.78 is 31.1. The van der Waals surface area contributed by atoms with Gasteiger partial charge in [-0.25, -0.2) is 9.37 Å². The van der Waals surface area contributed by atoms with Gasteiger partial charge in [0.25, 0.3) is 0 Å². The fourth-order valence-corrected chi connectivity index (χ4v) is 3.92. The van der Waals surface area contributed by atoms with E-state index in [1.54, 1.807) is 0 Å². The van der Waals surface area contributed by atoms with Gasteiger partial charge in [0.05, 0.1) is 40.4 Å². The van der Waals surface area contributed by atoms with Gasteiger partial charge in [0, 0.05) is 11.8 Å². The summed E-state index contributed by atoms with van der Waals surface area (Å²) in [6.07, 6.45) is 2.25. The van der Waals surface area contributed by atoms with Crippen LogP contribution in [-0.4, -0.2) is 27.0 Å². The molecule has 0 fully saturated rings. The Hall–Kier alpha value is -2.71. The third kappa shape index (κ3) is 5.21. The van der Waals surface area contributed by atoms with Crippen molar-refractivity contribution in [1.82, 2.24) is 9.97 Å². The molecule has 1 unspecified atom stereocenters. The second kappa shape index (κ2) is 9.67. The summed E-state index contributed by atoms with van der Waals surface area (Å²) in [6, 6.07) is 11.4. The number of aromatic nitrogens is 2. The van der Waals surface area contributed by atoms with E-state index in [4.69, 9.17) is 16.3 Å². The van der Waals surface area contributed by atoms with Crippen molar-refractivity contribution in [3.8, 4) is 5.75 Å². The van der Waals surface area contributed by atoms with Gasteiger partial charge in [-0.3, -0.25) is 4.21 Å². The molecule has 152 valence electrons. The van der Waals surface area contributed by atoms with E-state index in [0.717, 1.165) is 6.42 Å². The molecule has 3 aromatic rings. The molecular weight excluding hydrogens is 415 g/mol. The first kappa shape index (κ1) is 21.0. The molecule has 2 aromatic carbocycles. The third-order valence-electron chi connectivity index (χ3n) is 3.93. The number of benzene rings is 2. The van der Waals surface area contributed by atoms with Gasteiger partial charge in [-0.2, -0.15) is 4.98 Å². The summed E-state index contributed by atoms with van der Waals surface area (Å²) >= 11 is 6.26. The second-order valence-corrected chi connectivity index (χ2v) is 7.98. The van der Waals surface area contributed by atoms with Crippen LogP contribution < -0.4 is 15.4 Å². The van der Waals surface area contributed by atoms with Crippen LogP contribution in [0.2, 0.25) is 5.02 Å². The minimum atomic E-state index is -1.14. The Kier molecular flexibility index (Phi) is 7.00.